The average molecular weight is 414 g/mol. The summed E-state index contributed by atoms with van der Waals surface area (Å²) in [4.78, 5) is 23.0. The van der Waals surface area contributed by atoms with Crippen molar-refractivity contribution in [3.63, 3.8) is 0 Å². The predicted molar refractivity (Wildman–Crippen MR) is 115 cm³/mol. The number of carbonyl (C=O) groups excluding carboxylic acids is 1. The quantitative estimate of drug-likeness (QED) is 0.533. The van der Waals surface area contributed by atoms with Crippen molar-refractivity contribution in [2.24, 2.45) is 10.4 Å². The largest absolute Gasteiger partial charge is 0.357 e. The van der Waals surface area contributed by atoms with Crippen molar-refractivity contribution in [2.75, 3.05) is 45.8 Å². The Bertz CT molecular complexity index is 638. The number of nitrogens with one attached hydrogen (secondary N) is 2. The third-order valence-electron chi connectivity index (χ3n) is 4.59. The Morgan fingerprint density at radius 2 is 1.85 bits per heavy atom. The van der Waals surface area contributed by atoms with Crippen LogP contribution < -0.4 is 10.6 Å². The molecule has 1 aromatic heterocycles. The number of aliphatic imine (C=N–C) groups is 1. The molecule has 1 amide bonds. The summed E-state index contributed by atoms with van der Waals surface area (Å²) >= 11 is 7.68. The molecule has 0 bridgehead atoms. The van der Waals surface area contributed by atoms with E-state index in [0.29, 0.717) is 13.1 Å². The first-order chi connectivity index (χ1) is 12.9. The summed E-state index contributed by atoms with van der Waals surface area (Å²) in [6, 6.07) is 4.07. The number of hydrogen-bond acceptors (Lipinski definition) is 4. The highest BCUT2D eigenvalue weighted by molar-refractivity contribution is 7.16. The maximum absolute atomic E-state index is 12.2. The Balaban J connectivity index is 1.92. The third kappa shape index (κ3) is 6.66. The molecule has 2 rings (SSSR count). The van der Waals surface area contributed by atoms with Crippen LogP contribution in [0.4, 0.5) is 0 Å². The first-order valence-corrected chi connectivity index (χ1v) is 10.8. The predicted octanol–water partition coefficient (Wildman–Crippen LogP) is 2.65. The fraction of sp³-hybridized carbons (Fsp3) is 0.684. The average Bonchev–Trinajstić information content (AvgIpc) is 3.04. The Morgan fingerprint density at radius 3 is 2.41 bits per heavy atom. The Hall–Kier alpha value is -1.31. The number of hydrogen-bond donors (Lipinski definition) is 2. The molecular weight excluding hydrogens is 382 g/mol. The number of carbonyl (C=O) groups is 1. The van der Waals surface area contributed by atoms with Gasteiger partial charge >= 0.3 is 0 Å². The molecule has 8 heteroatoms. The van der Waals surface area contributed by atoms with Gasteiger partial charge in [0.25, 0.3) is 0 Å². The molecule has 1 aliphatic heterocycles. The van der Waals surface area contributed by atoms with Crippen molar-refractivity contribution in [1.82, 2.24) is 20.4 Å². The zero-order chi connectivity index (χ0) is 19.9. The second-order valence-corrected chi connectivity index (χ2v) is 9.18. The van der Waals surface area contributed by atoms with Gasteiger partial charge in [-0.05, 0) is 39.8 Å². The van der Waals surface area contributed by atoms with Gasteiger partial charge in [0, 0.05) is 50.7 Å². The number of halogens is 1. The van der Waals surface area contributed by atoms with Crippen LogP contribution in [0.3, 0.4) is 0 Å². The van der Waals surface area contributed by atoms with E-state index in [9.17, 15) is 4.79 Å². The van der Waals surface area contributed by atoms with Crippen molar-refractivity contribution in [3.8, 4) is 0 Å². The van der Waals surface area contributed by atoms with E-state index in [0.717, 1.165) is 49.6 Å². The maximum atomic E-state index is 12.2. The van der Waals surface area contributed by atoms with Gasteiger partial charge in [0.2, 0.25) is 5.91 Å². The fourth-order valence-corrected chi connectivity index (χ4v) is 4.07. The number of rotatable bonds is 7. The molecular formula is C19H32ClN5OS. The van der Waals surface area contributed by atoms with Crippen molar-refractivity contribution in [2.45, 2.75) is 34.2 Å². The van der Waals surface area contributed by atoms with Gasteiger partial charge in [-0.1, -0.05) is 11.6 Å². The second-order valence-electron chi connectivity index (χ2n) is 7.38. The van der Waals surface area contributed by atoms with E-state index >= 15 is 0 Å². The Kier molecular flexibility index (Phi) is 8.38. The number of guanidine groups is 1. The molecule has 0 saturated carbocycles. The molecule has 2 heterocycles. The molecule has 0 aliphatic carbocycles. The SMILES string of the molecule is CCNC(=O)C(C)(C)CN=C(NCC)N1CCN(Cc2ccc(Cl)s2)CC1. The summed E-state index contributed by atoms with van der Waals surface area (Å²) in [6.45, 7) is 14.6. The molecule has 2 N–H and O–H groups in total. The van der Waals surface area contributed by atoms with E-state index in [-0.39, 0.29) is 5.91 Å². The monoisotopic (exact) mass is 413 g/mol. The lowest BCUT2D eigenvalue weighted by molar-refractivity contribution is -0.128. The summed E-state index contributed by atoms with van der Waals surface area (Å²) < 4.78 is 0.847. The highest BCUT2D eigenvalue weighted by Gasteiger charge is 2.28. The van der Waals surface area contributed by atoms with Gasteiger partial charge in [0.15, 0.2) is 5.96 Å². The van der Waals surface area contributed by atoms with Crippen LogP contribution in [0.25, 0.3) is 0 Å². The zero-order valence-corrected chi connectivity index (χ0v) is 18.4. The molecule has 0 atom stereocenters. The van der Waals surface area contributed by atoms with Gasteiger partial charge in [0.1, 0.15) is 0 Å². The molecule has 0 unspecified atom stereocenters. The van der Waals surface area contributed by atoms with Crippen LogP contribution >= 0.6 is 22.9 Å². The molecule has 6 nitrogen and oxygen atoms in total. The van der Waals surface area contributed by atoms with Gasteiger partial charge in [-0.15, -0.1) is 11.3 Å². The van der Waals surface area contributed by atoms with Crippen molar-refractivity contribution < 1.29 is 4.79 Å². The van der Waals surface area contributed by atoms with Crippen LogP contribution in [0, 0.1) is 5.41 Å². The molecule has 27 heavy (non-hydrogen) atoms. The van der Waals surface area contributed by atoms with Gasteiger partial charge in [0.05, 0.1) is 16.3 Å². The fourth-order valence-electron chi connectivity index (χ4n) is 2.94. The molecule has 0 radical (unpaired) electrons. The first-order valence-electron chi connectivity index (χ1n) is 9.64. The van der Waals surface area contributed by atoms with Crippen molar-refractivity contribution >= 4 is 34.8 Å². The highest BCUT2D eigenvalue weighted by atomic mass is 35.5. The lowest BCUT2D eigenvalue weighted by atomic mass is 9.92. The van der Waals surface area contributed by atoms with Gasteiger partial charge in [-0.25, -0.2) is 0 Å². The van der Waals surface area contributed by atoms with Crippen LogP contribution in [0.1, 0.15) is 32.6 Å². The molecule has 0 aromatic carbocycles. The highest BCUT2D eigenvalue weighted by Crippen LogP contribution is 2.23. The molecule has 1 fully saturated rings. The number of amides is 1. The van der Waals surface area contributed by atoms with Gasteiger partial charge in [-0.3, -0.25) is 14.7 Å². The third-order valence-corrected chi connectivity index (χ3v) is 5.81. The Labute approximate surface area is 172 Å². The van der Waals surface area contributed by atoms with Crippen molar-refractivity contribution in [1.29, 1.82) is 0 Å². The summed E-state index contributed by atoms with van der Waals surface area (Å²) in [5.74, 6) is 0.942. The van der Waals surface area contributed by atoms with E-state index in [1.54, 1.807) is 11.3 Å². The minimum Gasteiger partial charge on any atom is -0.357 e. The van der Waals surface area contributed by atoms with Gasteiger partial charge < -0.3 is 15.5 Å². The van der Waals surface area contributed by atoms with Gasteiger partial charge in [-0.2, -0.15) is 0 Å². The maximum Gasteiger partial charge on any atom is 0.227 e. The zero-order valence-electron chi connectivity index (χ0n) is 16.8. The lowest BCUT2D eigenvalue weighted by Gasteiger charge is -2.36. The van der Waals surface area contributed by atoms with Crippen molar-refractivity contribution in [3.05, 3.63) is 21.3 Å². The molecule has 152 valence electrons. The van der Waals surface area contributed by atoms with E-state index in [2.05, 4.69) is 33.4 Å². The summed E-state index contributed by atoms with van der Waals surface area (Å²) in [5.41, 5.74) is -0.517. The van der Waals surface area contributed by atoms with Crippen LogP contribution in [-0.4, -0.2) is 67.5 Å². The van der Waals surface area contributed by atoms with E-state index < -0.39 is 5.41 Å². The number of thiophene rings is 1. The molecule has 1 aliphatic rings. The molecule has 0 spiro atoms. The van der Waals surface area contributed by atoms with Crippen LogP contribution in [0.5, 0.6) is 0 Å². The number of nitrogens with zero attached hydrogens (tertiary/aromatic N) is 3. The van der Waals surface area contributed by atoms with Crippen LogP contribution in [0.15, 0.2) is 17.1 Å². The lowest BCUT2D eigenvalue weighted by Crippen LogP contribution is -2.52. The normalized spacial score (nSPS) is 16.5. The first kappa shape index (κ1) is 22.0. The smallest absolute Gasteiger partial charge is 0.227 e. The minimum atomic E-state index is -0.517. The summed E-state index contributed by atoms with van der Waals surface area (Å²) in [5, 5.41) is 6.27. The van der Waals surface area contributed by atoms with E-state index in [1.807, 2.05) is 26.8 Å². The Morgan fingerprint density at radius 1 is 1.19 bits per heavy atom. The molecule has 1 aromatic rings. The number of piperazine rings is 1. The molecule has 1 saturated heterocycles. The van der Waals surface area contributed by atoms with E-state index in [4.69, 9.17) is 16.6 Å². The summed E-state index contributed by atoms with van der Waals surface area (Å²) in [7, 11) is 0. The second kappa shape index (κ2) is 10.3. The summed E-state index contributed by atoms with van der Waals surface area (Å²) in [6.07, 6.45) is 0. The standard InChI is InChI=1S/C19H32ClN5OS/c1-5-21-17(26)19(3,4)14-23-18(22-6-2)25-11-9-24(10-12-25)13-15-7-8-16(20)27-15/h7-8H,5-6,9-14H2,1-4H3,(H,21,26)(H,22,23). The van der Waals surface area contributed by atoms with Crippen LogP contribution in [-0.2, 0) is 11.3 Å². The minimum absolute atomic E-state index is 0.0454. The van der Waals surface area contributed by atoms with Crippen LogP contribution in [0.2, 0.25) is 4.34 Å². The van der Waals surface area contributed by atoms with E-state index in [1.165, 1.54) is 4.88 Å². The topological polar surface area (TPSA) is 60.0 Å².